The number of hydrogen-bond acceptors (Lipinski definition) is 4. The molecule has 0 spiro atoms. The highest BCUT2D eigenvalue weighted by Gasteiger charge is 2.37. The number of likely N-dealkylation sites (N-methyl/N-ethyl adjacent to an activating group) is 1. The van der Waals surface area contributed by atoms with Gasteiger partial charge in [0, 0.05) is 19.2 Å². The molecule has 4 aromatic rings. The van der Waals surface area contributed by atoms with Gasteiger partial charge in [-0.05, 0) is 12.0 Å². The van der Waals surface area contributed by atoms with Gasteiger partial charge in [0.05, 0.1) is 0 Å². The fourth-order valence-electron chi connectivity index (χ4n) is 3.22. The highest BCUT2D eigenvalue weighted by Crippen LogP contribution is 2.34. The van der Waals surface area contributed by atoms with Crippen molar-refractivity contribution in [1.82, 2.24) is 19.6 Å². The van der Waals surface area contributed by atoms with Crippen LogP contribution in [0, 0.1) is 0 Å². The largest absolute Gasteiger partial charge is 0.435 e. The first-order valence-electron chi connectivity index (χ1n) is 9.06. The van der Waals surface area contributed by atoms with Gasteiger partial charge in [-0.2, -0.15) is 13.2 Å². The molecule has 0 amide bonds. The van der Waals surface area contributed by atoms with E-state index >= 15 is 0 Å². The third kappa shape index (κ3) is 3.78. The second kappa shape index (κ2) is 7.54. The minimum Gasteiger partial charge on any atom is -0.312 e. The summed E-state index contributed by atoms with van der Waals surface area (Å²) in [7, 11) is 1.81. The molecule has 0 radical (unpaired) electrons. The van der Waals surface area contributed by atoms with Crippen molar-refractivity contribution >= 4 is 11.2 Å². The summed E-state index contributed by atoms with van der Waals surface area (Å²) in [5.41, 5.74) is 0.669. The molecule has 0 saturated carbocycles. The van der Waals surface area contributed by atoms with Crippen LogP contribution in [0.3, 0.4) is 0 Å². The van der Waals surface area contributed by atoms with Crippen LogP contribution in [0.25, 0.3) is 22.6 Å². The maximum Gasteiger partial charge on any atom is 0.435 e. The average molecular weight is 397 g/mol. The molecule has 0 bridgehead atoms. The summed E-state index contributed by atoms with van der Waals surface area (Å²) >= 11 is 0. The molecule has 0 atom stereocenters. The smallest absolute Gasteiger partial charge is 0.312 e. The van der Waals surface area contributed by atoms with Crippen LogP contribution in [0.4, 0.5) is 13.2 Å². The number of alkyl halides is 3. The fraction of sp³-hybridized carbons (Fsp3) is 0.190. The Morgan fingerprint density at radius 3 is 2.24 bits per heavy atom. The zero-order valence-electron chi connectivity index (χ0n) is 15.6. The third-order valence-corrected chi connectivity index (χ3v) is 4.63. The van der Waals surface area contributed by atoms with Crippen LogP contribution in [-0.2, 0) is 12.6 Å². The molecule has 5 nitrogen and oxygen atoms in total. The van der Waals surface area contributed by atoms with Crippen LogP contribution < -0.4 is 5.01 Å². The molecule has 0 aliphatic heterocycles. The van der Waals surface area contributed by atoms with E-state index in [9.17, 15) is 13.2 Å². The summed E-state index contributed by atoms with van der Waals surface area (Å²) in [4.78, 5) is 11.9. The van der Waals surface area contributed by atoms with E-state index in [-0.39, 0.29) is 11.2 Å². The average Bonchev–Trinajstić information content (AvgIpc) is 3.12. The van der Waals surface area contributed by atoms with Crippen molar-refractivity contribution in [2.75, 3.05) is 18.6 Å². The quantitative estimate of drug-likeness (QED) is 0.503. The first kappa shape index (κ1) is 18.9. The molecule has 2 aromatic carbocycles. The van der Waals surface area contributed by atoms with E-state index in [4.69, 9.17) is 0 Å². The topological polar surface area (TPSA) is 46.8 Å². The molecule has 0 aliphatic rings. The molecular formula is C21H18F3N5. The predicted molar refractivity (Wildman–Crippen MR) is 105 cm³/mol. The minimum absolute atomic E-state index is 0.127. The number of halogens is 3. The second-order valence-corrected chi connectivity index (χ2v) is 6.62. The van der Waals surface area contributed by atoms with E-state index in [2.05, 4.69) is 15.0 Å². The standard InChI is InChI=1S/C21H18F3N5/c1-28(13-12-15-8-4-2-5-9-15)29-19(16-10-6-3-7-11-16)27-17-18(21(22,23)24)25-14-26-20(17)29/h2-11,14H,12-13H2,1H3. The molecule has 8 heteroatoms. The highest BCUT2D eigenvalue weighted by molar-refractivity contribution is 5.80. The summed E-state index contributed by atoms with van der Waals surface area (Å²) in [6, 6.07) is 19.0. The van der Waals surface area contributed by atoms with Crippen LogP contribution in [0.15, 0.2) is 67.0 Å². The van der Waals surface area contributed by atoms with Crippen LogP contribution in [0.2, 0.25) is 0 Å². The van der Waals surface area contributed by atoms with Crippen molar-refractivity contribution in [1.29, 1.82) is 0 Å². The molecule has 4 rings (SSSR count). The Bertz CT molecular complexity index is 1110. The van der Waals surface area contributed by atoms with Gasteiger partial charge < -0.3 is 5.01 Å². The molecule has 2 heterocycles. The van der Waals surface area contributed by atoms with E-state index in [0.29, 0.717) is 17.9 Å². The molecule has 0 aliphatic carbocycles. The molecule has 0 N–H and O–H groups in total. The van der Waals surface area contributed by atoms with Crippen LogP contribution >= 0.6 is 0 Å². The van der Waals surface area contributed by atoms with Crippen molar-refractivity contribution in [3.63, 3.8) is 0 Å². The number of benzene rings is 2. The molecular weight excluding hydrogens is 379 g/mol. The lowest BCUT2D eigenvalue weighted by molar-refractivity contribution is -0.140. The first-order chi connectivity index (χ1) is 13.9. The number of fused-ring (bicyclic) bond motifs is 1. The Labute approximate surface area is 165 Å². The van der Waals surface area contributed by atoms with Crippen molar-refractivity contribution in [2.45, 2.75) is 12.6 Å². The van der Waals surface area contributed by atoms with Gasteiger partial charge in [-0.25, -0.2) is 19.6 Å². The Hall–Kier alpha value is -3.42. The summed E-state index contributed by atoms with van der Waals surface area (Å²) in [5.74, 6) is 0.391. The van der Waals surface area contributed by atoms with E-state index in [1.54, 1.807) is 4.68 Å². The van der Waals surface area contributed by atoms with Gasteiger partial charge in [0.15, 0.2) is 17.2 Å². The van der Waals surface area contributed by atoms with Crippen molar-refractivity contribution in [2.24, 2.45) is 0 Å². The predicted octanol–water partition coefficient (Wildman–Crippen LogP) is 4.32. The zero-order chi connectivity index (χ0) is 20.4. The monoisotopic (exact) mass is 397 g/mol. The highest BCUT2D eigenvalue weighted by atomic mass is 19.4. The van der Waals surface area contributed by atoms with Gasteiger partial charge in [-0.15, -0.1) is 0 Å². The van der Waals surface area contributed by atoms with Crippen LogP contribution in [0.5, 0.6) is 0 Å². The lowest BCUT2D eigenvalue weighted by atomic mass is 10.1. The van der Waals surface area contributed by atoms with E-state index in [1.807, 2.05) is 72.7 Å². The Morgan fingerprint density at radius 2 is 1.59 bits per heavy atom. The van der Waals surface area contributed by atoms with Gasteiger partial charge in [0.2, 0.25) is 0 Å². The Balaban J connectivity index is 1.82. The summed E-state index contributed by atoms with van der Waals surface area (Å²) in [6.45, 7) is 0.570. The van der Waals surface area contributed by atoms with Gasteiger partial charge in [-0.1, -0.05) is 60.7 Å². The minimum atomic E-state index is -4.61. The van der Waals surface area contributed by atoms with E-state index < -0.39 is 11.9 Å². The number of imidazole rings is 1. The van der Waals surface area contributed by atoms with Gasteiger partial charge >= 0.3 is 6.18 Å². The number of rotatable bonds is 5. The molecule has 0 unspecified atom stereocenters. The Morgan fingerprint density at radius 1 is 0.931 bits per heavy atom. The lowest BCUT2D eigenvalue weighted by Crippen LogP contribution is -2.33. The normalized spacial score (nSPS) is 11.7. The molecule has 148 valence electrons. The summed E-state index contributed by atoms with van der Waals surface area (Å²) in [6.07, 6.45) is -2.96. The third-order valence-electron chi connectivity index (χ3n) is 4.63. The second-order valence-electron chi connectivity index (χ2n) is 6.62. The molecule has 29 heavy (non-hydrogen) atoms. The fourth-order valence-corrected chi connectivity index (χ4v) is 3.22. The summed E-state index contributed by atoms with van der Waals surface area (Å²) < 4.78 is 42.1. The maximum atomic E-state index is 13.5. The van der Waals surface area contributed by atoms with Crippen LogP contribution in [-0.4, -0.2) is 33.2 Å². The molecule has 0 saturated heterocycles. The van der Waals surface area contributed by atoms with E-state index in [1.165, 1.54) is 0 Å². The SMILES string of the molecule is CN(CCc1ccccc1)n1c(-c2ccccc2)nc2c(C(F)(F)F)ncnc21. The van der Waals surface area contributed by atoms with Crippen molar-refractivity contribution < 1.29 is 13.2 Å². The van der Waals surface area contributed by atoms with Crippen molar-refractivity contribution in [3.8, 4) is 11.4 Å². The van der Waals surface area contributed by atoms with Gasteiger partial charge in [-0.3, -0.25) is 0 Å². The first-order valence-corrected chi connectivity index (χ1v) is 9.06. The molecule has 0 fully saturated rings. The maximum absolute atomic E-state index is 13.5. The van der Waals surface area contributed by atoms with Crippen molar-refractivity contribution in [3.05, 3.63) is 78.2 Å². The van der Waals surface area contributed by atoms with Crippen LogP contribution in [0.1, 0.15) is 11.3 Å². The Kier molecular flexibility index (Phi) is 4.92. The number of nitrogens with zero attached hydrogens (tertiary/aromatic N) is 5. The lowest BCUT2D eigenvalue weighted by Gasteiger charge is -2.23. The summed E-state index contributed by atoms with van der Waals surface area (Å²) in [5, 5.41) is 1.83. The number of aromatic nitrogens is 4. The van der Waals surface area contributed by atoms with Gasteiger partial charge in [0.1, 0.15) is 11.8 Å². The number of hydrogen-bond donors (Lipinski definition) is 0. The van der Waals surface area contributed by atoms with Gasteiger partial charge in [0.25, 0.3) is 0 Å². The van der Waals surface area contributed by atoms with E-state index in [0.717, 1.165) is 18.3 Å². The molecule has 2 aromatic heterocycles. The zero-order valence-corrected chi connectivity index (χ0v) is 15.6.